The van der Waals surface area contributed by atoms with Gasteiger partial charge >= 0.3 is 0 Å². The van der Waals surface area contributed by atoms with E-state index in [-0.39, 0.29) is 11.7 Å². The minimum absolute atomic E-state index is 0.205. The van der Waals surface area contributed by atoms with Crippen LogP contribution in [0, 0.1) is 0 Å². The van der Waals surface area contributed by atoms with Crippen LogP contribution in [-0.2, 0) is 9.53 Å². The number of amides is 1. The lowest BCUT2D eigenvalue weighted by Gasteiger charge is -2.29. The second-order valence-electron chi connectivity index (χ2n) is 7.73. The summed E-state index contributed by atoms with van der Waals surface area (Å²) >= 11 is 0. The third-order valence-corrected chi connectivity index (χ3v) is 5.48. The van der Waals surface area contributed by atoms with E-state index in [0.29, 0.717) is 49.3 Å². The number of phenols is 1. The molecule has 0 bridgehead atoms. The van der Waals surface area contributed by atoms with Crippen molar-refractivity contribution in [2.45, 2.75) is 0 Å². The number of rotatable bonds is 6. The van der Waals surface area contributed by atoms with Crippen molar-refractivity contribution in [2.24, 2.45) is 0 Å². The maximum absolute atomic E-state index is 11.7. The zero-order valence-corrected chi connectivity index (χ0v) is 18.3. The van der Waals surface area contributed by atoms with Crippen molar-refractivity contribution in [2.75, 3.05) is 41.8 Å². The summed E-state index contributed by atoms with van der Waals surface area (Å²) in [5.74, 6) is 0.279. The standard InChI is InChI=1S/C24H23N7O3/c1-2-21(33)26-16-5-3-4-15(12-16)22-18-14-25-30-23(18)29-24(28-22)27-17-6-7-20(32)19(13-17)31-8-10-34-11-9-31/h2-7,12-14,32H,1,8-11H2,(H,26,33)(H2,25,27,28,29,30). The van der Waals surface area contributed by atoms with E-state index in [4.69, 9.17) is 9.72 Å². The number of fused-ring (bicyclic) bond motifs is 1. The number of hydrogen-bond donors (Lipinski definition) is 4. The molecule has 3 heterocycles. The number of nitrogens with one attached hydrogen (secondary N) is 3. The van der Waals surface area contributed by atoms with E-state index < -0.39 is 0 Å². The summed E-state index contributed by atoms with van der Waals surface area (Å²) < 4.78 is 5.42. The Labute approximate surface area is 195 Å². The lowest BCUT2D eigenvalue weighted by molar-refractivity contribution is -0.111. The fraction of sp³-hybridized carbons (Fsp3) is 0.167. The van der Waals surface area contributed by atoms with Crippen molar-refractivity contribution < 1.29 is 14.6 Å². The Morgan fingerprint density at radius 1 is 1.15 bits per heavy atom. The first-order chi connectivity index (χ1) is 16.6. The first-order valence-electron chi connectivity index (χ1n) is 10.8. The quantitative estimate of drug-likeness (QED) is 0.256. The average Bonchev–Trinajstić information content (AvgIpc) is 3.34. The molecular formula is C24H23N7O3. The summed E-state index contributed by atoms with van der Waals surface area (Å²) in [5, 5.41) is 24.1. The summed E-state index contributed by atoms with van der Waals surface area (Å²) in [4.78, 5) is 23.1. The van der Waals surface area contributed by atoms with Crippen LogP contribution in [0.25, 0.3) is 22.3 Å². The number of ether oxygens (including phenoxy) is 1. The number of aromatic hydroxyl groups is 1. The maximum atomic E-state index is 11.7. The molecule has 1 aliphatic heterocycles. The van der Waals surface area contributed by atoms with Crippen LogP contribution in [0.5, 0.6) is 5.75 Å². The van der Waals surface area contributed by atoms with Gasteiger partial charge in [-0.2, -0.15) is 10.1 Å². The van der Waals surface area contributed by atoms with Gasteiger partial charge in [0, 0.05) is 30.0 Å². The highest BCUT2D eigenvalue weighted by molar-refractivity contribution is 5.99. The number of morpholine rings is 1. The van der Waals surface area contributed by atoms with E-state index in [1.807, 2.05) is 24.3 Å². The second-order valence-corrected chi connectivity index (χ2v) is 7.73. The fourth-order valence-electron chi connectivity index (χ4n) is 3.84. The van der Waals surface area contributed by atoms with E-state index in [2.05, 4.69) is 37.3 Å². The Kier molecular flexibility index (Phi) is 5.79. The Bertz CT molecular complexity index is 1360. The normalized spacial score (nSPS) is 13.6. The third-order valence-electron chi connectivity index (χ3n) is 5.48. The summed E-state index contributed by atoms with van der Waals surface area (Å²) in [6.45, 7) is 6.13. The molecule has 4 N–H and O–H groups in total. The minimum Gasteiger partial charge on any atom is -0.506 e. The first-order valence-corrected chi connectivity index (χ1v) is 10.8. The summed E-state index contributed by atoms with van der Waals surface area (Å²) in [6.07, 6.45) is 2.89. The maximum Gasteiger partial charge on any atom is 0.247 e. The molecule has 0 radical (unpaired) electrons. The smallest absolute Gasteiger partial charge is 0.247 e. The Hall–Kier alpha value is -4.44. The molecule has 0 saturated carbocycles. The highest BCUT2D eigenvalue weighted by Gasteiger charge is 2.17. The van der Waals surface area contributed by atoms with Crippen LogP contribution >= 0.6 is 0 Å². The number of anilines is 4. The highest BCUT2D eigenvalue weighted by atomic mass is 16.5. The van der Waals surface area contributed by atoms with E-state index in [1.165, 1.54) is 6.08 Å². The molecule has 1 saturated heterocycles. The summed E-state index contributed by atoms with van der Waals surface area (Å²) in [5.41, 5.74) is 4.10. The number of hydrogen-bond acceptors (Lipinski definition) is 8. The van der Waals surface area contributed by atoms with Gasteiger partial charge in [-0.15, -0.1) is 0 Å². The molecule has 0 aliphatic carbocycles. The molecule has 1 aliphatic rings. The first kappa shape index (κ1) is 21.4. The molecule has 4 aromatic rings. The lowest BCUT2D eigenvalue weighted by Crippen LogP contribution is -2.36. The summed E-state index contributed by atoms with van der Waals surface area (Å²) in [7, 11) is 0. The van der Waals surface area contributed by atoms with Crippen LogP contribution in [0.3, 0.4) is 0 Å². The molecule has 1 amide bonds. The number of H-pyrrole nitrogens is 1. The number of phenolic OH excluding ortho intramolecular Hbond substituents is 1. The lowest BCUT2D eigenvalue weighted by atomic mass is 10.1. The zero-order chi connectivity index (χ0) is 23.5. The highest BCUT2D eigenvalue weighted by Crippen LogP contribution is 2.33. The molecule has 34 heavy (non-hydrogen) atoms. The summed E-state index contributed by atoms with van der Waals surface area (Å²) in [6, 6.07) is 12.6. The molecule has 172 valence electrons. The van der Waals surface area contributed by atoms with Gasteiger partial charge in [-0.3, -0.25) is 9.89 Å². The van der Waals surface area contributed by atoms with Crippen molar-refractivity contribution in [1.29, 1.82) is 0 Å². The van der Waals surface area contributed by atoms with Crippen LogP contribution in [0.15, 0.2) is 61.3 Å². The van der Waals surface area contributed by atoms with Crippen molar-refractivity contribution >= 4 is 40.0 Å². The van der Waals surface area contributed by atoms with Gasteiger partial charge in [-0.05, 0) is 36.4 Å². The SMILES string of the molecule is C=CC(=O)Nc1cccc(-c2nc(Nc3ccc(O)c(N4CCOCC4)c3)nc3[nH]ncc23)c1. The topological polar surface area (TPSA) is 128 Å². The molecule has 0 spiro atoms. The average molecular weight is 457 g/mol. The van der Waals surface area contributed by atoms with Gasteiger partial charge in [0.05, 0.1) is 36.2 Å². The van der Waals surface area contributed by atoms with Crippen molar-refractivity contribution in [3.63, 3.8) is 0 Å². The third kappa shape index (κ3) is 4.39. The molecule has 0 unspecified atom stereocenters. The van der Waals surface area contributed by atoms with E-state index >= 15 is 0 Å². The van der Waals surface area contributed by atoms with Gasteiger partial charge in [0.15, 0.2) is 5.65 Å². The molecule has 2 aromatic carbocycles. The van der Waals surface area contributed by atoms with Crippen LogP contribution in [0.4, 0.5) is 23.0 Å². The molecule has 1 fully saturated rings. The van der Waals surface area contributed by atoms with Gasteiger partial charge < -0.3 is 25.4 Å². The number of carbonyl (C=O) groups is 1. The van der Waals surface area contributed by atoms with E-state index in [9.17, 15) is 9.90 Å². The number of nitrogens with zero attached hydrogens (tertiary/aromatic N) is 4. The number of aromatic nitrogens is 4. The van der Waals surface area contributed by atoms with Gasteiger partial charge in [-0.25, -0.2) is 4.98 Å². The second kappa shape index (κ2) is 9.20. The fourth-order valence-corrected chi connectivity index (χ4v) is 3.84. The minimum atomic E-state index is -0.293. The monoisotopic (exact) mass is 457 g/mol. The van der Waals surface area contributed by atoms with Gasteiger partial charge in [0.25, 0.3) is 0 Å². The Balaban J connectivity index is 1.49. The van der Waals surface area contributed by atoms with Crippen molar-refractivity contribution in [3.8, 4) is 17.0 Å². The van der Waals surface area contributed by atoms with E-state index in [1.54, 1.807) is 24.4 Å². The Morgan fingerprint density at radius 3 is 2.82 bits per heavy atom. The molecule has 10 nitrogen and oxygen atoms in total. The predicted octanol–water partition coefficient (Wildman–Crippen LogP) is 3.43. The van der Waals surface area contributed by atoms with Crippen molar-refractivity contribution in [3.05, 3.63) is 61.3 Å². The van der Waals surface area contributed by atoms with Crippen molar-refractivity contribution in [1.82, 2.24) is 20.2 Å². The zero-order valence-electron chi connectivity index (χ0n) is 18.3. The van der Waals surface area contributed by atoms with Gasteiger partial charge in [-0.1, -0.05) is 18.7 Å². The van der Waals surface area contributed by atoms with Crippen LogP contribution in [-0.4, -0.2) is 57.5 Å². The van der Waals surface area contributed by atoms with Gasteiger partial charge in [0.2, 0.25) is 11.9 Å². The van der Waals surface area contributed by atoms with Gasteiger partial charge in [0.1, 0.15) is 5.75 Å². The van der Waals surface area contributed by atoms with Crippen LogP contribution in [0.1, 0.15) is 0 Å². The van der Waals surface area contributed by atoms with E-state index in [0.717, 1.165) is 22.3 Å². The molecule has 5 rings (SSSR count). The number of aromatic amines is 1. The van der Waals surface area contributed by atoms with Crippen LogP contribution < -0.4 is 15.5 Å². The molecule has 10 heteroatoms. The Morgan fingerprint density at radius 2 is 2.00 bits per heavy atom. The molecule has 0 atom stereocenters. The molecule has 2 aromatic heterocycles. The van der Waals surface area contributed by atoms with Crippen LogP contribution in [0.2, 0.25) is 0 Å². The predicted molar refractivity (Wildman–Crippen MR) is 130 cm³/mol. The molecular weight excluding hydrogens is 434 g/mol. The number of carbonyl (C=O) groups excluding carboxylic acids is 1. The number of benzene rings is 2. The largest absolute Gasteiger partial charge is 0.506 e.